The lowest BCUT2D eigenvalue weighted by atomic mass is 9.92. The Morgan fingerprint density at radius 2 is 1.25 bits per heavy atom. The van der Waals surface area contributed by atoms with Gasteiger partial charge in [0.15, 0.2) is 0 Å². The van der Waals surface area contributed by atoms with Gasteiger partial charge in [0.05, 0.1) is 0 Å². The molecule has 3 aliphatic heterocycles. The van der Waals surface area contributed by atoms with Gasteiger partial charge in [0.25, 0.3) is 0 Å². The van der Waals surface area contributed by atoms with Gasteiger partial charge in [-0.1, -0.05) is 146 Å². The minimum absolute atomic E-state index is 0.204. The van der Waals surface area contributed by atoms with E-state index in [0.717, 1.165) is 42.5 Å². The molecule has 0 amide bonds. The van der Waals surface area contributed by atoms with E-state index in [9.17, 15) is 0 Å². The van der Waals surface area contributed by atoms with E-state index in [4.69, 9.17) is 0 Å². The predicted octanol–water partition coefficient (Wildman–Crippen LogP) is 11.8. The van der Waals surface area contributed by atoms with Crippen LogP contribution in [0.2, 0.25) is 0 Å². The molecule has 0 bridgehead atoms. The summed E-state index contributed by atoms with van der Waals surface area (Å²) in [7, 11) is 6.34. The van der Waals surface area contributed by atoms with Gasteiger partial charge in [0.2, 0.25) is 0 Å². The minimum atomic E-state index is -0.674. The van der Waals surface area contributed by atoms with Gasteiger partial charge < -0.3 is 0 Å². The molecule has 5 unspecified atom stereocenters. The second kappa shape index (κ2) is 19.1. The zero-order chi connectivity index (χ0) is 39.7. The van der Waals surface area contributed by atoms with E-state index in [1.807, 2.05) is 0 Å². The molecule has 4 aromatic rings. The normalized spacial score (nSPS) is 30.8. The van der Waals surface area contributed by atoms with E-state index in [-0.39, 0.29) is 23.9 Å². The summed E-state index contributed by atoms with van der Waals surface area (Å²) < 4.78 is 3.05. The lowest BCUT2D eigenvalue weighted by Crippen LogP contribution is -2.35. The van der Waals surface area contributed by atoms with Crippen molar-refractivity contribution in [3.63, 3.8) is 0 Å². The Balaban J connectivity index is 1.21. The van der Waals surface area contributed by atoms with Gasteiger partial charge >= 0.3 is 0 Å². The number of rotatable bonds is 13. The molecule has 0 saturated carbocycles. The lowest BCUT2D eigenvalue weighted by molar-refractivity contribution is 0.0357. The number of hydrazine groups is 1. The third kappa shape index (κ3) is 8.71. The van der Waals surface area contributed by atoms with Crippen LogP contribution in [0.5, 0.6) is 0 Å². The predicted molar refractivity (Wildman–Crippen MR) is 258 cm³/mol. The minimum Gasteiger partial charge on any atom is -0.251 e. The number of hydrogen-bond donors (Lipinski definition) is 0. The number of unbranched alkanes of at least 4 members (excludes halogenated alkanes) is 1. The molecule has 0 N–H and O–H groups in total. The van der Waals surface area contributed by atoms with Crippen LogP contribution in [0, 0.1) is 11.8 Å². The quantitative estimate of drug-likeness (QED) is 0.124. The average Bonchev–Trinajstić information content (AvgIpc) is 3.76. The smallest absolute Gasteiger partial charge is 0.0468 e. The Hall–Kier alpha value is -1.09. The molecule has 0 aromatic heterocycles. The monoisotopic (exact) mass is 841 g/mol. The Kier molecular flexibility index (Phi) is 14.7. The fourth-order valence-corrected chi connectivity index (χ4v) is 26.2. The lowest BCUT2D eigenvalue weighted by Gasteiger charge is -2.41. The van der Waals surface area contributed by atoms with E-state index < -0.39 is 8.07 Å². The molecule has 3 aliphatic rings. The second-order valence-corrected chi connectivity index (χ2v) is 29.0. The van der Waals surface area contributed by atoms with Crippen molar-refractivity contribution in [2.24, 2.45) is 11.8 Å². The molecule has 11 atom stereocenters. The first-order valence-corrected chi connectivity index (χ1v) is 27.8. The van der Waals surface area contributed by atoms with Gasteiger partial charge in [-0.25, -0.2) is 10.0 Å². The van der Waals surface area contributed by atoms with Gasteiger partial charge in [-0.3, -0.25) is 4.44 Å². The summed E-state index contributed by atoms with van der Waals surface area (Å²) >= 11 is 0. The molecule has 8 heteroatoms. The van der Waals surface area contributed by atoms with E-state index in [2.05, 4.69) is 189 Å². The molecule has 3 fully saturated rings. The number of aryl methyl sites for hydroxylation is 2. The molecule has 300 valence electrons. The molecular weight excluding hydrogens is 773 g/mol. The Bertz CT molecular complexity index is 1850. The largest absolute Gasteiger partial charge is 0.251 e. The van der Waals surface area contributed by atoms with Crippen LogP contribution in [0.1, 0.15) is 96.5 Å². The fraction of sp³-hybridized carbons (Fsp3) is 0.500. The molecule has 0 radical (unpaired) electrons. The van der Waals surface area contributed by atoms with Crippen LogP contribution in [0.4, 0.5) is 0 Å². The Morgan fingerprint density at radius 3 is 1.88 bits per heavy atom. The highest BCUT2D eigenvalue weighted by atomic mass is 31.2. The standard InChI is InChI=1S/C48H68N3P5/c1-10-11-31-51(56-45(29-30-48(56)52)42-20-14-12-15-21-42)55(43-22-16-13-17-23-43)44-24-18-19-40(32-44)25-26-41-27-28-46(53-36(4)34(2)35(3)37(53)5)47(33-41)54-38(6)49(8)50(9)39(54)7/h12-24,27-28,32-39,45,48H,10-11,25-26,29-31,52H2,1-9H3/t34?,35?,36-,37-,38-,39-,45-,48-,53?,55?,56?/m0/s1. The van der Waals surface area contributed by atoms with Crippen LogP contribution in [0.25, 0.3) is 0 Å². The fourth-order valence-electron chi connectivity index (χ4n) is 9.83. The van der Waals surface area contributed by atoms with Crippen molar-refractivity contribution in [1.29, 1.82) is 0 Å². The van der Waals surface area contributed by atoms with E-state index in [1.54, 1.807) is 10.6 Å². The summed E-state index contributed by atoms with van der Waals surface area (Å²) in [6.45, 7) is 18.7. The molecule has 0 spiro atoms. The SMILES string of the molecule is CCCCN(P(c1ccccc1)c1cccc(CCc2ccc(P3[C@@H](C)C(C)C(C)[C@@H]3C)c(P3[C@@H](C)N(C)N(C)[C@@H]3C)c2)c1)P1[C@H](P)CC[C@H]1c1ccccc1. The van der Waals surface area contributed by atoms with Crippen molar-refractivity contribution >= 4 is 62.4 Å². The van der Waals surface area contributed by atoms with Crippen LogP contribution in [0.3, 0.4) is 0 Å². The van der Waals surface area contributed by atoms with Crippen LogP contribution >= 0.6 is 41.2 Å². The maximum Gasteiger partial charge on any atom is 0.0468 e. The van der Waals surface area contributed by atoms with Crippen molar-refractivity contribution in [1.82, 2.24) is 14.5 Å². The molecule has 7 rings (SSSR count). The molecule has 4 aromatic carbocycles. The summed E-state index contributed by atoms with van der Waals surface area (Å²) in [6, 6.07) is 40.7. The highest BCUT2D eigenvalue weighted by Crippen LogP contribution is 2.72. The first kappa shape index (κ1) is 43.0. The van der Waals surface area contributed by atoms with Crippen molar-refractivity contribution in [2.45, 2.75) is 121 Å². The summed E-state index contributed by atoms with van der Waals surface area (Å²) in [5, 5.41) is 12.1. The molecule has 0 aliphatic carbocycles. The van der Waals surface area contributed by atoms with Gasteiger partial charge in [0, 0.05) is 51.3 Å². The third-order valence-corrected chi connectivity index (χ3v) is 28.4. The summed E-state index contributed by atoms with van der Waals surface area (Å²) in [5.74, 6) is 2.66. The zero-order valence-corrected chi connectivity index (χ0v) is 40.3. The van der Waals surface area contributed by atoms with Crippen LogP contribution in [0.15, 0.2) is 103 Å². The highest BCUT2D eigenvalue weighted by Gasteiger charge is 2.46. The van der Waals surface area contributed by atoms with Gasteiger partial charge in [-0.15, -0.1) is 9.24 Å². The van der Waals surface area contributed by atoms with Crippen LogP contribution in [-0.4, -0.2) is 63.4 Å². The molecule has 3 heterocycles. The first-order chi connectivity index (χ1) is 27.0. The maximum atomic E-state index is 3.33. The van der Waals surface area contributed by atoms with Crippen molar-refractivity contribution in [2.75, 3.05) is 20.6 Å². The summed E-state index contributed by atoms with van der Waals surface area (Å²) in [6.07, 6.45) is 7.20. The van der Waals surface area contributed by atoms with E-state index in [1.165, 1.54) is 53.0 Å². The van der Waals surface area contributed by atoms with Crippen molar-refractivity contribution < 1.29 is 0 Å². The number of nitrogens with zero attached hydrogens (tertiary/aromatic N) is 3. The first-order valence-electron chi connectivity index (χ1n) is 21.5. The number of benzene rings is 4. The molecule has 56 heavy (non-hydrogen) atoms. The van der Waals surface area contributed by atoms with Gasteiger partial charge in [-0.05, 0) is 129 Å². The Labute approximate surface area is 348 Å². The molecule has 3 saturated heterocycles. The Morgan fingerprint density at radius 1 is 0.661 bits per heavy atom. The van der Waals surface area contributed by atoms with Crippen molar-refractivity contribution in [3.8, 4) is 0 Å². The van der Waals surface area contributed by atoms with Crippen LogP contribution in [-0.2, 0) is 12.8 Å². The summed E-state index contributed by atoms with van der Waals surface area (Å²) in [4.78, 5) is 0. The van der Waals surface area contributed by atoms with E-state index in [0.29, 0.717) is 22.6 Å². The maximum absolute atomic E-state index is 3.33. The molecule has 3 nitrogen and oxygen atoms in total. The third-order valence-electron chi connectivity index (χ3n) is 13.9. The van der Waals surface area contributed by atoms with Gasteiger partial charge in [-0.2, -0.15) is 0 Å². The number of hydrogen-bond acceptors (Lipinski definition) is 3. The van der Waals surface area contributed by atoms with Crippen molar-refractivity contribution in [3.05, 3.63) is 120 Å². The summed E-state index contributed by atoms with van der Waals surface area (Å²) in [5.41, 5.74) is 6.70. The molecular formula is C48H68N3P5. The topological polar surface area (TPSA) is 9.72 Å². The highest BCUT2D eigenvalue weighted by molar-refractivity contribution is 7.81. The van der Waals surface area contributed by atoms with Gasteiger partial charge in [0.1, 0.15) is 0 Å². The second-order valence-electron chi connectivity index (χ2n) is 17.0. The average molecular weight is 842 g/mol. The zero-order valence-electron chi connectivity index (χ0n) is 35.6. The van der Waals surface area contributed by atoms with E-state index >= 15 is 0 Å². The van der Waals surface area contributed by atoms with Crippen LogP contribution < -0.4 is 21.2 Å².